The van der Waals surface area contributed by atoms with Crippen LogP contribution in [0.25, 0.3) is 21.5 Å². The van der Waals surface area contributed by atoms with Gasteiger partial charge in [0.2, 0.25) is 15.9 Å². The fourth-order valence-electron chi connectivity index (χ4n) is 4.60. The minimum Gasteiger partial charge on any atom is -0.497 e. The number of pyridine rings is 1. The lowest BCUT2D eigenvalue weighted by molar-refractivity contribution is -0.131. The van der Waals surface area contributed by atoms with Crippen LogP contribution in [0.5, 0.6) is 5.75 Å². The molecule has 2 N–H and O–H groups in total. The summed E-state index contributed by atoms with van der Waals surface area (Å²) in [6, 6.07) is 17.4. The number of likely N-dealkylation sites (N-methyl/N-ethyl adjacent to an activating group) is 1. The molecule has 1 atom stereocenters. The number of carbonyl (C=O) groups excluding carboxylic acids is 1. The van der Waals surface area contributed by atoms with E-state index < -0.39 is 16.1 Å². The molecule has 1 aliphatic heterocycles. The first kappa shape index (κ1) is 23.1. The van der Waals surface area contributed by atoms with E-state index in [2.05, 4.69) is 4.98 Å². The van der Waals surface area contributed by atoms with Gasteiger partial charge in [0.1, 0.15) is 17.6 Å². The smallest absolute Gasteiger partial charge is 0.243 e. The van der Waals surface area contributed by atoms with Crippen LogP contribution < -0.4 is 10.5 Å². The molecule has 1 fully saturated rings. The zero-order chi connectivity index (χ0) is 24.7. The molecule has 1 aliphatic rings. The number of nitrogen functional groups attached to an aromatic ring is 1. The maximum absolute atomic E-state index is 13.4. The summed E-state index contributed by atoms with van der Waals surface area (Å²) in [5.41, 5.74) is 6.92. The Bertz CT molecular complexity index is 1550. The maximum atomic E-state index is 13.4. The number of fused-ring (bicyclic) bond motifs is 2. The SMILES string of the molecule is COc1ccc2ccc(S(=O)(=O)N(C)[C@@H]3CCN(Cc4ccc5ccnc(N)c5c4)C3=O)cc2c1. The van der Waals surface area contributed by atoms with Crippen molar-refractivity contribution in [3.05, 3.63) is 72.4 Å². The van der Waals surface area contributed by atoms with Crippen molar-refractivity contribution in [2.45, 2.75) is 23.9 Å². The standard InChI is InChI=1S/C26H26N4O4S/c1-29(35(32,33)22-8-6-18-5-7-21(34-2)14-20(18)15-22)24-10-12-30(26(24)31)16-17-3-4-19-9-11-28-25(27)23(19)13-17/h3-9,11,13-15,24H,10,12,16H2,1-2H3,(H2,27,28)/t24-/m1/s1. The van der Waals surface area contributed by atoms with E-state index >= 15 is 0 Å². The Balaban J connectivity index is 1.36. The topological polar surface area (TPSA) is 106 Å². The highest BCUT2D eigenvalue weighted by Crippen LogP contribution is 2.29. The lowest BCUT2D eigenvalue weighted by Gasteiger charge is -2.24. The van der Waals surface area contributed by atoms with Crippen LogP contribution in [0.3, 0.4) is 0 Å². The third-order valence-electron chi connectivity index (χ3n) is 6.64. The average Bonchev–Trinajstić information content (AvgIpc) is 3.22. The molecule has 35 heavy (non-hydrogen) atoms. The summed E-state index contributed by atoms with van der Waals surface area (Å²) in [5, 5.41) is 3.47. The summed E-state index contributed by atoms with van der Waals surface area (Å²) in [6.07, 6.45) is 2.08. The molecule has 8 nitrogen and oxygen atoms in total. The molecule has 2 heterocycles. The molecule has 1 saturated heterocycles. The number of hydrogen-bond acceptors (Lipinski definition) is 6. The molecule has 1 amide bonds. The molecule has 0 spiro atoms. The van der Waals surface area contributed by atoms with Crippen LogP contribution in [0.2, 0.25) is 0 Å². The zero-order valence-electron chi connectivity index (χ0n) is 19.5. The van der Waals surface area contributed by atoms with Crippen LogP contribution >= 0.6 is 0 Å². The first-order chi connectivity index (χ1) is 16.8. The lowest BCUT2D eigenvalue weighted by Crippen LogP contribution is -2.42. The second-order valence-corrected chi connectivity index (χ2v) is 10.7. The summed E-state index contributed by atoms with van der Waals surface area (Å²) >= 11 is 0. The fourth-order valence-corrected chi connectivity index (χ4v) is 5.98. The Kier molecular flexibility index (Phi) is 5.82. The Hall–Kier alpha value is -3.69. The van der Waals surface area contributed by atoms with E-state index in [-0.39, 0.29) is 10.8 Å². The molecule has 5 rings (SSSR count). The molecule has 0 radical (unpaired) electrons. The number of carbonyl (C=O) groups is 1. The van der Waals surface area contributed by atoms with Crippen LogP contribution in [0.4, 0.5) is 5.82 Å². The van der Waals surface area contributed by atoms with Gasteiger partial charge in [0, 0.05) is 31.7 Å². The van der Waals surface area contributed by atoms with Gasteiger partial charge in [-0.05, 0) is 64.5 Å². The molecule has 0 saturated carbocycles. The molecule has 0 unspecified atom stereocenters. The molecule has 0 bridgehead atoms. The second kappa shape index (κ2) is 8.83. The van der Waals surface area contributed by atoms with Crippen molar-refractivity contribution in [1.29, 1.82) is 0 Å². The van der Waals surface area contributed by atoms with Crippen molar-refractivity contribution in [1.82, 2.24) is 14.2 Å². The number of ether oxygens (including phenoxy) is 1. The predicted octanol–water partition coefficient (Wildman–Crippen LogP) is 3.40. The molecule has 0 aliphatic carbocycles. The van der Waals surface area contributed by atoms with Gasteiger partial charge in [-0.1, -0.05) is 24.3 Å². The lowest BCUT2D eigenvalue weighted by atomic mass is 10.1. The maximum Gasteiger partial charge on any atom is 0.243 e. The van der Waals surface area contributed by atoms with E-state index in [0.29, 0.717) is 31.1 Å². The molecule has 4 aromatic rings. The van der Waals surface area contributed by atoms with E-state index in [1.165, 1.54) is 11.4 Å². The van der Waals surface area contributed by atoms with Gasteiger partial charge in [-0.2, -0.15) is 4.31 Å². The van der Waals surface area contributed by atoms with Crippen molar-refractivity contribution < 1.29 is 17.9 Å². The number of nitrogens with two attached hydrogens (primary N) is 1. The number of anilines is 1. The Morgan fingerprint density at radius 2 is 1.83 bits per heavy atom. The van der Waals surface area contributed by atoms with E-state index in [4.69, 9.17) is 10.5 Å². The van der Waals surface area contributed by atoms with Gasteiger partial charge >= 0.3 is 0 Å². The third kappa shape index (κ3) is 4.17. The van der Waals surface area contributed by atoms with Gasteiger partial charge in [0.05, 0.1) is 12.0 Å². The number of nitrogens with zero attached hydrogens (tertiary/aromatic N) is 3. The normalized spacial score (nSPS) is 16.5. The summed E-state index contributed by atoms with van der Waals surface area (Å²) in [7, 11) is -0.839. The number of methoxy groups -OCH3 is 1. The van der Waals surface area contributed by atoms with E-state index in [1.54, 1.807) is 42.5 Å². The first-order valence-electron chi connectivity index (χ1n) is 11.3. The molecule has 180 valence electrons. The fraction of sp³-hybridized carbons (Fsp3) is 0.231. The average molecular weight is 491 g/mol. The highest BCUT2D eigenvalue weighted by Gasteiger charge is 2.39. The number of hydrogen-bond donors (Lipinski definition) is 1. The zero-order valence-corrected chi connectivity index (χ0v) is 20.3. The van der Waals surface area contributed by atoms with Crippen LogP contribution in [-0.2, 0) is 21.4 Å². The van der Waals surface area contributed by atoms with Crippen molar-refractivity contribution in [2.75, 3.05) is 26.4 Å². The minimum absolute atomic E-state index is 0.143. The summed E-state index contributed by atoms with van der Waals surface area (Å²) < 4.78 is 33.3. The predicted molar refractivity (Wildman–Crippen MR) is 135 cm³/mol. The molecule has 9 heteroatoms. The highest BCUT2D eigenvalue weighted by molar-refractivity contribution is 7.89. The number of sulfonamides is 1. The Morgan fingerprint density at radius 1 is 1.06 bits per heavy atom. The first-order valence-corrected chi connectivity index (χ1v) is 12.7. The largest absolute Gasteiger partial charge is 0.497 e. The van der Waals surface area contributed by atoms with Crippen molar-refractivity contribution in [3.8, 4) is 5.75 Å². The minimum atomic E-state index is -3.88. The third-order valence-corrected chi connectivity index (χ3v) is 8.50. The van der Waals surface area contributed by atoms with E-state index in [0.717, 1.165) is 27.1 Å². The number of rotatable bonds is 6. The number of likely N-dealkylation sites (tertiary alicyclic amines) is 1. The number of aromatic nitrogens is 1. The van der Waals surface area contributed by atoms with Gasteiger partial charge in [-0.3, -0.25) is 4.79 Å². The summed E-state index contributed by atoms with van der Waals surface area (Å²) in [4.78, 5) is 19.2. The van der Waals surface area contributed by atoms with Gasteiger partial charge in [-0.15, -0.1) is 0 Å². The second-order valence-electron chi connectivity index (χ2n) is 8.71. The van der Waals surface area contributed by atoms with Gasteiger partial charge in [0.25, 0.3) is 0 Å². The van der Waals surface area contributed by atoms with Crippen molar-refractivity contribution in [3.63, 3.8) is 0 Å². The number of amides is 1. The quantitative estimate of drug-likeness (QED) is 0.444. The Morgan fingerprint density at radius 3 is 2.63 bits per heavy atom. The van der Waals surface area contributed by atoms with Gasteiger partial charge in [0.15, 0.2) is 0 Å². The van der Waals surface area contributed by atoms with Crippen LogP contribution in [0, 0.1) is 0 Å². The van der Waals surface area contributed by atoms with Crippen molar-refractivity contribution in [2.24, 2.45) is 0 Å². The van der Waals surface area contributed by atoms with E-state index in [1.807, 2.05) is 36.4 Å². The van der Waals surface area contributed by atoms with Crippen molar-refractivity contribution >= 4 is 43.3 Å². The summed E-state index contributed by atoms with van der Waals surface area (Å²) in [6.45, 7) is 0.849. The number of benzene rings is 3. The van der Waals surface area contributed by atoms with Gasteiger partial charge in [-0.25, -0.2) is 13.4 Å². The highest BCUT2D eigenvalue weighted by atomic mass is 32.2. The van der Waals surface area contributed by atoms with E-state index in [9.17, 15) is 13.2 Å². The molecular weight excluding hydrogens is 464 g/mol. The molecule has 3 aromatic carbocycles. The summed E-state index contributed by atoms with van der Waals surface area (Å²) in [5.74, 6) is 0.875. The monoisotopic (exact) mass is 490 g/mol. The van der Waals surface area contributed by atoms with Gasteiger partial charge < -0.3 is 15.4 Å². The van der Waals surface area contributed by atoms with Crippen LogP contribution in [0.1, 0.15) is 12.0 Å². The van der Waals surface area contributed by atoms with Crippen LogP contribution in [0.15, 0.2) is 71.8 Å². The van der Waals surface area contributed by atoms with Crippen LogP contribution in [-0.4, -0.2) is 55.3 Å². The molecular formula is C26H26N4O4S. The Labute approximate surface area is 204 Å². The molecule has 1 aromatic heterocycles.